The Morgan fingerprint density at radius 1 is 0.929 bits per heavy atom. The van der Waals surface area contributed by atoms with E-state index in [0.717, 1.165) is 11.3 Å². The monoisotopic (exact) mass is 384 g/mol. The van der Waals surface area contributed by atoms with Crippen LogP contribution in [0.4, 0.5) is 5.88 Å². The summed E-state index contributed by atoms with van der Waals surface area (Å²) in [7, 11) is 6.06. The molecule has 0 spiro atoms. The zero-order valence-electron chi connectivity index (χ0n) is 15.9. The van der Waals surface area contributed by atoms with Crippen molar-refractivity contribution in [2.75, 3.05) is 33.8 Å². The smallest absolute Gasteiger partial charge is 0.258 e. The summed E-state index contributed by atoms with van der Waals surface area (Å²) in [6.07, 6.45) is 1.53. The zero-order valence-corrected chi connectivity index (χ0v) is 15.9. The highest BCUT2D eigenvalue weighted by Gasteiger charge is 2.19. The average Bonchev–Trinajstić information content (AvgIpc) is 3.20. The van der Waals surface area contributed by atoms with E-state index in [9.17, 15) is 4.79 Å². The third kappa shape index (κ3) is 3.71. The van der Waals surface area contributed by atoms with Crippen molar-refractivity contribution in [3.63, 3.8) is 0 Å². The van der Waals surface area contributed by atoms with Crippen LogP contribution in [0.5, 0.6) is 23.0 Å². The van der Waals surface area contributed by atoms with E-state index in [1.807, 2.05) is 24.3 Å². The van der Waals surface area contributed by atoms with Crippen molar-refractivity contribution in [2.24, 2.45) is 0 Å². The van der Waals surface area contributed by atoms with E-state index in [4.69, 9.17) is 23.5 Å². The number of hydrogen-bond acceptors (Lipinski definition) is 7. The van der Waals surface area contributed by atoms with Crippen molar-refractivity contribution in [2.45, 2.75) is 0 Å². The first kappa shape index (κ1) is 19.1. The van der Waals surface area contributed by atoms with Crippen LogP contribution in [0, 0.1) is 0 Å². The van der Waals surface area contributed by atoms with Gasteiger partial charge in [0.15, 0.2) is 11.5 Å². The summed E-state index contributed by atoms with van der Waals surface area (Å²) in [4.78, 5) is 12.8. The van der Waals surface area contributed by atoms with Crippen molar-refractivity contribution < 1.29 is 28.3 Å². The molecular weight excluding hydrogens is 364 g/mol. The third-order valence-electron chi connectivity index (χ3n) is 4.13. The highest BCUT2D eigenvalue weighted by molar-refractivity contribution is 6.06. The van der Waals surface area contributed by atoms with Gasteiger partial charge in [0.25, 0.3) is 5.91 Å². The van der Waals surface area contributed by atoms with E-state index in [-0.39, 0.29) is 5.88 Å². The summed E-state index contributed by atoms with van der Waals surface area (Å²) >= 11 is 0. The minimum Gasteiger partial charge on any atom is -0.497 e. The van der Waals surface area contributed by atoms with Crippen LogP contribution in [0.15, 0.2) is 47.1 Å². The molecule has 0 aliphatic heterocycles. The van der Waals surface area contributed by atoms with Crippen molar-refractivity contribution in [3.05, 3.63) is 48.2 Å². The van der Waals surface area contributed by atoms with Crippen LogP contribution in [0.2, 0.25) is 0 Å². The normalized spacial score (nSPS) is 10.3. The molecule has 8 heteroatoms. The number of ether oxygens (including phenoxy) is 4. The molecule has 146 valence electrons. The number of carbonyl (C=O) groups is 1. The number of methoxy groups -OCH3 is 4. The largest absolute Gasteiger partial charge is 0.497 e. The predicted molar refractivity (Wildman–Crippen MR) is 103 cm³/mol. The maximum Gasteiger partial charge on any atom is 0.258 e. The molecule has 1 aromatic heterocycles. The van der Waals surface area contributed by atoms with Gasteiger partial charge in [-0.1, -0.05) is 17.3 Å². The topological polar surface area (TPSA) is 92.1 Å². The standard InChI is InChI=1S/C20H20N2O6/c1-24-14-7-5-12(6-8-14)15-11-21-28-20(15)22-19(23)13-9-16(25-2)18(27-4)17(10-13)26-3/h5-11H,1-4H3,(H,22,23). The van der Waals surface area contributed by atoms with E-state index in [1.54, 1.807) is 19.2 Å². The van der Waals surface area contributed by atoms with E-state index in [0.29, 0.717) is 28.4 Å². The van der Waals surface area contributed by atoms with E-state index in [1.165, 1.54) is 27.5 Å². The van der Waals surface area contributed by atoms with Crippen LogP contribution in [-0.2, 0) is 0 Å². The summed E-state index contributed by atoms with van der Waals surface area (Å²) in [6.45, 7) is 0. The van der Waals surface area contributed by atoms with Crippen LogP contribution < -0.4 is 24.3 Å². The van der Waals surface area contributed by atoms with E-state index < -0.39 is 5.91 Å². The second-order valence-electron chi connectivity index (χ2n) is 5.67. The van der Waals surface area contributed by atoms with Gasteiger partial charge in [0.2, 0.25) is 11.6 Å². The van der Waals surface area contributed by atoms with Crippen LogP contribution in [-0.4, -0.2) is 39.5 Å². The Morgan fingerprint density at radius 2 is 1.57 bits per heavy atom. The average molecular weight is 384 g/mol. The fourth-order valence-corrected chi connectivity index (χ4v) is 2.69. The lowest BCUT2D eigenvalue weighted by atomic mass is 10.1. The molecule has 0 bridgehead atoms. The highest BCUT2D eigenvalue weighted by Crippen LogP contribution is 2.38. The molecule has 28 heavy (non-hydrogen) atoms. The summed E-state index contributed by atoms with van der Waals surface area (Å²) in [5.41, 5.74) is 1.78. The Hall–Kier alpha value is -3.68. The molecule has 0 aliphatic carbocycles. The first-order valence-electron chi connectivity index (χ1n) is 8.31. The predicted octanol–water partition coefficient (Wildman–Crippen LogP) is 3.63. The molecule has 0 saturated heterocycles. The fourth-order valence-electron chi connectivity index (χ4n) is 2.69. The lowest BCUT2D eigenvalue weighted by Gasteiger charge is -2.13. The van der Waals surface area contributed by atoms with Gasteiger partial charge >= 0.3 is 0 Å². The number of benzene rings is 2. The highest BCUT2D eigenvalue weighted by atomic mass is 16.5. The lowest BCUT2D eigenvalue weighted by molar-refractivity contribution is 0.102. The van der Waals surface area contributed by atoms with Crippen LogP contribution in [0.25, 0.3) is 11.1 Å². The quantitative estimate of drug-likeness (QED) is 0.665. The van der Waals surface area contributed by atoms with Gasteiger partial charge in [0.1, 0.15) is 5.75 Å². The van der Waals surface area contributed by atoms with Crippen LogP contribution >= 0.6 is 0 Å². The Kier molecular flexibility index (Phi) is 5.69. The maximum atomic E-state index is 12.8. The van der Waals surface area contributed by atoms with E-state index >= 15 is 0 Å². The van der Waals surface area contributed by atoms with Gasteiger partial charge in [-0.3, -0.25) is 10.1 Å². The maximum absolute atomic E-state index is 12.8. The number of nitrogens with zero attached hydrogens (tertiary/aromatic N) is 1. The Labute approximate surface area is 162 Å². The third-order valence-corrected chi connectivity index (χ3v) is 4.13. The Morgan fingerprint density at radius 3 is 2.11 bits per heavy atom. The summed E-state index contributed by atoms with van der Waals surface area (Å²) in [5, 5.41) is 6.52. The van der Waals surface area contributed by atoms with Gasteiger partial charge in [0.05, 0.1) is 40.2 Å². The molecule has 8 nitrogen and oxygen atoms in total. The van der Waals surface area contributed by atoms with Gasteiger partial charge in [-0.2, -0.15) is 0 Å². The van der Waals surface area contributed by atoms with Gasteiger partial charge in [0, 0.05) is 5.56 Å². The number of rotatable bonds is 7. The first-order valence-corrected chi connectivity index (χ1v) is 8.31. The molecule has 0 atom stereocenters. The molecule has 3 aromatic rings. The van der Waals surface area contributed by atoms with Gasteiger partial charge in [-0.05, 0) is 29.8 Å². The van der Waals surface area contributed by atoms with Crippen molar-refractivity contribution in [3.8, 4) is 34.1 Å². The molecule has 0 fully saturated rings. The SMILES string of the molecule is COc1ccc(-c2cnoc2NC(=O)c2cc(OC)c(OC)c(OC)c2)cc1. The second kappa shape index (κ2) is 8.34. The van der Waals surface area contributed by atoms with Crippen LogP contribution in [0.3, 0.4) is 0 Å². The molecule has 2 aromatic carbocycles. The Balaban J connectivity index is 1.89. The zero-order chi connectivity index (χ0) is 20.1. The summed E-state index contributed by atoms with van der Waals surface area (Å²) in [5.74, 6) is 1.69. The van der Waals surface area contributed by atoms with E-state index in [2.05, 4.69) is 10.5 Å². The number of amides is 1. The van der Waals surface area contributed by atoms with Gasteiger partial charge in [-0.15, -0.1) is 0 Å². The summed E-state index contributed by atoms with van der Waals surface area (Å²) in [6, 6.07) is 10.4. The minimum absolute atomic E-state index is 0.226. The fraction of sp³-hybridized carbons (Fsp3) is 0.200. The first-order chi connectivity index (χ1) is 13.6. The second-order valence-corrected chi connectivity index (χ2v) is 5.67. The number of hydrogen-bond donors (Lipinski definition) is 1. The molecule has 1 amide bonds. The molecule has 1 N–H and O–H groups in total. The molecular formula is C20H20N2O6. The molecule has 1 heterocycles. The molecule has 0 saturated carbocycles. The number of aromatic nitrogens is 1. The summed E-state index contributed by atoms with van der Waals surface area (Å²) < 4.78 is 26.2. The van der Waals surface area contributed by atoms with Crippen LogP contribution in [0.1, 0.15) is 10.4 Å². The number of anilines is 1. The number of nitrogens with one attached hydrogen (secondary N) is 1. The van der Waals surface area contributed by atoms with Crippen molar-refractivity contribution in [1.82, 2.24) is 5.16 Å². The van der Waals surface area contributed by atoms with Crippen molar-refractivity contribution >= 4 is 11.8 Å². The van der Waals surface area contributed by atoms with Gasteiger partial charge in [-0.25, -0.2) is 0 Å². The lowest BCUT2D eigenvalue weighted by Crippen LogP contribution is -2.12. The number of carbonyl (C=O) groups excluding carboxylic acids is 1. The molecule has 0 aliphatic rings. The molecule has 0 radical (unpaired) electrons. The Bertz CT molecular complexity index is 940. The molecule has 0 unspecified atom stereocenters. The molecule has 3 rings (SSSR count). The van der Waals surface area contributed by atoms with Gasteiger partial charge < -0.3 is 23.5 Å². The minimum atomic E-state index is -0.411. The van der Waals surface area contributed by atoms with Crippen molar-refractivity contribution in [1.29, 1.82) is 0 Å².